The zero-order chi connectivity index (χ0) is 22.8. The van der Waals surface area contributed by atoms with Gasteiger partial charge < -0.3 is 19.5 Å². The lowest BCUT2D eigenvalue weighted by Crippen LogP contribution is -2.34. The minimum absolute atomic E-state index is 0.0201. The highest BCUT2D eigenvalue weighted by atomic mass is 32.1. The number of ether oxygens (including phenoxy) is 3. The van der Waals surface area contributed by atoms with Gasteiger partial charge in [-0.3, -0.25) is 10.1 Å². The predicted octanol–water partition coefficient (Wildman–Crippen LogP) is 5.06. The Hall–Kier alpha value is -3.58. The summed E-state index contributed by atoms with van der Waals surface area (Å²) in [7, 11) is 0. The molecule has 0 spiro atoms. The van der Waals surface area contributed by atoms with Crippen molar-refractivity contribution in [1.82, 2.24) is 5.32 Å². The largest absolute Gasteiger partial charge is 0.490 e. The van der Waals surface area contributed by atoms with E-state index in [0.29, 0.717) is 36.0 Å². The summed E-state index contributed by atoms with van der Waals surface area (Å²) >= 11 is 5.29. The fraction of sp³-hybridized carbons (Fsp3) is 0.200. The molecule has 0 fully saturated rings. The normalized spacial score (nSPS) is 10.3. The molecule has 0 heterocycles. The van der Waals surface area contributed by atoms with Crippen molar-refractivity contribution in [2.24, 2.45) is 0 Å². The molecule has 0 radical (unpaired) electrons. The van der Waals surface area contributed by atoms with E-state index in [1.807, 2.05) is 68.4 Å². The monoisotopic (exact) mass is 450 g/mol. The van der Waals surface area contributed by atoms with Gasteiger partial charge in [0.1, 0.15) is 30.5 Å². The Bertz CT molecular complexity index is 1020. The number of rotatable bonds is 9. The van der Waals surface area contributed by atoms with Gasteiger partial charge in [-0.1, -0.05) is 30.3 Å². The molecule has 166 valence electrons. The smallest absolute Gasteiger partial charge is 0.257 e. The Labute approximate surface area is 193 Å². The molecule has 1 amide bonds. The minimum Gasteiger partial charge on any atom is -0.490 e. The van der Waals surface area contributed by atoms with Crippen LogP contribution >= 0.6 is 12.2 Å². The van der Waals surface area contributed by atoms with E-state index in [4.69, 9.17) is 26.4 Å². The zero-order valence-corrected chi connectivity index (χ0v) is 18.9. The van der Waals surface area contributed by atoms with Crippen LogP contribution in [0.1, 0.15) is 24.2 Å². The molecule has 3 aromatic rings. The molecule has 0 aliphatic carbocycles. The number of hydrogen-bond acceptors (Lipinski definition) is 5. The molecular weight excluding hydrogens is 424 g/mol. The minimum atomic E-state index is -0.316. The molecule has 3 rings (SSSR count). The van der Waals surface area contributed by atoms with Crippen molar-refractivity contribution in [1.29, 1.82) is 0 Å². The fourth-order valence-corrected chi connectivity index (χ4v) is 3.00. The summed E-state index contributed by atoms with van der Waals surface area (Å²) in [4.78, 5) is 12.5. The molecule has 0 unspecified atom stereocenters. The third kappa shape index (κ3) is 7.28. The second-order valence-corrected chi connectivity index (χ2v) is 7.51. The average Bonchev–Trinajstić information content (AvgIpc) is 2.79. The van der Waals surface area contributed by atoms with E-state index in [9.17, 15) is 4.79 Å². The number of amides is 1. The fourth-order valence-electron chi connectivity index (χ4n) is 2.79. The molecule has 0 saturated carbocycles. The molecule has 0 aliphatic heterocycles. The first-order chi connectivity index (χ1) is 15.5. The van der Waals surface area contributed by atoms with Crippen LogP contribution in [0.3, 0.4) is 0 Å². The van der Waals surface area contributed by atoms with E-state index in [1.54, 1.807) is 24.3 Å². The number of carbonyl (C=O) groups excluding carboxylic acids is 1. The zero-order valence-electron chi connectivity index (χ0n) is 18.0. The highest BCUT2D eigenvalue weighted by Gasteiger charge is 2.11. The molecule has 0 aromatic heterocycles. The van der Waals surface area contributed by atoms with Gasteiger partial charge in [0.25, 0.3) is 5.91 Å². The van der Waals surface area contributed by atoms with Gasteiger partial charge in [-0.05, 0) is 74.6 Å². The molecule has 2 N–H and O–H groups in total. The number of benzene rings is 3. The maximum absolute atomic E-state index is 12.5. The van der Waals surface area contributed by atoms with Gasteiger partial charge in [0, 0.05) is 5.56 Å². The maximum atomic E-state index is 12.5. The van der Waals surface area contributed by atoms with Gasteiger partial charge in [-0.2, -0.15) is 0 Å². The number of thiocarbonyl (C=S) groups is 1. The molecule has 0 aliphatic rings. The predicted molar refractivity (Wildman–Crippen MR) is 130 cm³/mol. The SMILES string of the molecule is CC(C)Oc1ccccc1NC(=S)NC(=O)c1ccc(OCCOc2ccccc2)cc1. The van der Waals surface area contributed by atoms with Crippen LogP contribution in [0.2, 0.25) is 0 Å². The van der Waals surface area contributed by atoms with E-state index in [0.717, 1.165) is 5.75 Å². The summed E-state index contributed by atoms with van der Waals surface area (Å²) in [6, 6.07) is 23.8. The Kier molecular flexibility index (Phi) is 8.45. The third-order valence-corrected chi connectivity index (χ3v) is 4.41. The number of para-hydroxylation sites is 3. The molecular formula is C25H26N2O4S. The van der Waals surface area contributed by atoms with Crippen molar-refractivity contribution in [2.45, 2.75) is 20.0 Å². The van der Waals surface area contributed by atoms with Crippen LogP contribution < -0.4 is 24.8 Å². The summed E-state index contributed by atoms with van der Waals surface area (Å²) in [5.41, 5.74) is 1.15. The first-order valence-electron chi connectivity index (χ1n) is 10.3. The summed E-state index contributed by atoms with van der Waals surface area (Å²) in [6.45, 7) is 4.71. The van der Waals surface area contributed by atoms with Crippen molar-refractivity contribution in [3.8, 4) is 17.2 Å². The highest BCUT2D eigenvalue weighted by molar-refractivity contribution is 7.80. The lowest BCUT2D eigenvalue weighted by Gasteiger charge is -2.16. The Balaban J connectivity index is 1.46. The Morgan fingerprint density at radius 3 is 2.09 bits per heavy atom. The number of hydrogen-bond donors (Lipinski definition) is 2. The molecule has 6 nitrogen and oxygen atoms in total. The molecule has 0 saturated heterocycles. The summed E-state index contributed by atoms with van der Waals surface area (Å²) in [5, 5.41) is 5.88. The topological polar surface area (TPSA) is 68.8 Å². The maximum Gasteiger partial charge on any atom is 0.257 e. The van der Waals surface area contributed by atoms with Crippen molar-refractivity contribution in [3.63, 3.8) is 0 Å². The van der Waals surface area contributed by atoms with Crippen LogP contribution in [-0.4, -0.2) is 30.3 Å². The average molecular weight is 451 g/mol. The molecule has 3 aromatic carbocycles. The highest BCUT2D eigenvalue weighted by Crippen LogP contribution is 2.24. The third-order valence-electron chi connectivity index (χ3n) is 4.21. The van der Waals surface area contributed by atoms with Gasteiger partial charge in [0.15, 0.2) is 5.11 Å². The summed E-state index contributed by atoms with van der Waals surface area (Å²) in [6.07, 6.45) is 0.0201. The van der Waals surface area contributed by atoms with Gasteiger partial charge in [0.2, 0.25) is 0 Å². The van der Waals surface area contributed by atoms with Gasteiger partial charge in [0.05, 0.1) is 11.8 Å². The van der Waals surface area contributed by atoms with Gasteiger partial charge in [-0.25, -0.2) is 0 Å². The Morgan fingerprint density at radius 2 is 1.44 bits per heavy atom. The van der Waals surface area contributed by atoms with E-state index in [-0.39, 0.29) is 17.1 Å². The second kappa shape index (κ2) is 11.7. The quantitative estimate of drug-likeness (QED) is 0.351. The molecule has 32 heavy (non-hydrogen) atoms. The van der Waals surface area contributed by atoms with Crippen molar-refractivity contribution < 1.29 is 19.0 Å². The standard InChI is InChI=1S/C25H26N2O4S/c1-18(2)31-23-11-7-6-10-22(23)26-25(32)27-24(28)19-12-14-21(15-13-19)30-17-16-29-20-8-4-3-5-9-20/h3-15,18H,16-17H2,1-2H3,(H2,26,27,28,32). The van der Waals surface area contributed by atoms with Crippen molar-refractivity contribution in [3.05, 3.63) is 84.4 Å². The lowest BCUT2D eigenvalue weighted by molar-refractivity contribution is 0.0977. The van der Waals surface area contributed by atoms with Crippen LogP contribution in [0.5, 0.6) is 17.2 Å². The number of anilines is 1. The Morgan fingerprint density at radius 1 is 0.844 bits per heavy atom. The first kappa shape index (κ1) is 23.1. The van der Waals surface area contributed by atoms with Crippen LogP contribution in [-0.2, 0) is 0 Å². The summed E-state index contributed by atoms with van der Waals surface area (Å²) < 4.78 is 17.0. The van der Waals surface area contributed by atoms with Crippen molar-refractivity contribution in [2.75, 3.05) is 18.5 Å². The van der Waals surface area contributed by atoms with Crippen LogP contribution in [0, 0.1) is 0 Å². The number of carbonyl (C=O) groups is 1. The lowest BCUT2D eigenvalue weighted by atomic mass is 10.2. The second-order valence-electron chi connectivity index (χ2n) is 7.11. The van der Waals surface area contributed by atoms with E-state index in [2.05, 4.69) is 10.6 Å². The van der Waals surface area contributed by atoms with Gasteiger partial charge >= 0.3 is 0 Å². The van der Waals surface area contributed by atoms with Crippen LogP contribution in [0.15, 0.2) is 78.9 Å². The number of nitrogens with one attached hydrogen (secondary N) is 2. The molecule has 0 atom stereocenters. The van der Waals surface area contributed by atoms with E-state index >= 15 is 0 Å². The van der Waals surface area contributed by atoms with E-state index < -0.39 is 0 Å². The van der Waals surface area contributed by atoms with Crippen molar-refractivity contribution >= 4 is 28.9 Å². The van der Waals surface area contributed by atoms with Crippen LogP contribution in [0.4, 0.5) is 5.69 Å². The van der Waals surface area contributed by atoms with E-state index in [1.165, 1.54) is 0 Å². The molecule has 0 bridgehead atoms. The summed E-state index contributed by atoms with van der Waals surface area (Å²) in [5.74, 6) is 1.80. The van der Waals surface area contributed by atoms with Gasteiger partial charge in [-0.15, -0.1) is 0 Å². The first-order valence-corrected chi connectivity index (χ1v) is 10.7. The van der Waals surface area contributed by atoms with Crippen LogP contribution in [0.25, 0.3) is 0 Å². The molecule has 7 heteroatoms.